The standard InChI is InChI=1S/C6H12O7S/c1-14(10,11)13-5-4(8)3(7)2-12-6(5)9/h3-9H,2H2,1H3/t3-,4-,5+,6-/m0/s1. The first-order valence-corrected chi connectivity index (χ1v) is 5.67. The van der Waals surface area contributed by atoms with E-state index in [2.05, 4.69) is 8.92 Å². The largest absolute Gasteiger partial charge is 0.388 e. The van der Waals surface area contributed by atoms with E-state index in [0.717, 1.165) is 6.26 Å². The van der Waals surface area contributed by atoms with Crippen LogP contribution in [0.25, 0.3) is 0 Å². The Morgan fingerprint density at radius 3 is 2.43 bits per heavy atom. The van der Waals surface area contributed by atoms with Crippen LogP contribution in [-0.4, -0.2) is 61.2 Å². The zero-order valence-corrected chi connectivity index (χ0v) is 8.22. The predicted octanol–water partition coefficient (Wildman–Crippen LogP) is -2.60. The van der Waals surface area contributed by atoms with Gasteiger partial charge in [-0.3, -0.25) is 4.18 Å². The summed E-state index contributed by atoms with van der Waals surface area (Å²) in [6, 6.07) is 0. The molecule has 0 aromatic heterocycles. The summed E-state index contributed by atoms with van der Waals surface area (Å²) < 4.78 is 30.4. The molecule has 0 bridgehead atoms. The molecule has 0 radical (unpaired) electrons. The molecular formula is C6H12O7S. The molecule has 7 nitrogen and oxygen atoms in total. The molecule has 0 aromatic rings. The van der Waals surface area contributed by atoms with Crippen LogP contribution in [0.4, 0.5) is 0 Å². The highest BCUT2D eigenvalue weighted by atomic mass is 32.2. The Labute approximate surface area is 81.0 Å². The van der Waals surface area contributed by atoms with Crippen LogP contribution in [0.3, 0.4) is 0 Å². The van der Waals surface area contributed by atoms with Crippen molar-refractivity contribution in [2.75, 3.05) is 12.9 Å². The molecule has 3 N–H and O–H groups in total. The Morgan fingerprint density at radius 1 is 1.36 bits per heavy atom. The number of aliphatic hydroxyl groups excluding tert-OH is 3. The lowest BCUT2D eigenvalue weighted by Gasteiger charge is -2.34. The highest BCUT2D eigenvalue weighted by Crippen LogP contribution is 2.18. The van der Waals surface area contributed by atoms with Crippen molar-refractivity contribution in [1.82, 2.24) is 0 Å². The Hall–Kier alpha value is -0.250. The van der Waals surface area contributed by atoms with Gasteiger partial charge in [0.2, 0.25) is 0 Å². The molecule has 0 amide bonds. The van der Waals surface area contributed by atoms with Crippen LogP contribution in [0.1, 0.15) is 0 Å². The molecular weight excluding hydrogens is 216 g/mol. The Kier molecular flexibility index (Phi) is 3.45. The number of rotatable bonds is 2. The zero-order valence-electron chi connectivity index (χ0n) is 7.40. The lowest BCUT2D eigenvalue weighted by Crippen LogP contribution is -2.54. The summed E-state index contributed by atoms with van der Waals surface area (Å²) in [5, 5.41) is 27.5. The molecule has 1 fully saturated rings. The number of hydrogen-bond donors (Lipinski definition) is 3. The van der Waals surface area contributed by atoms with Crippen molar-refractivity contribution in [3.63, 3.8) is 0 Å². The zero-order chi connectivity index (χ0) is 10.9. The second kappa shape index (κ2) is 4.09. The van der Waals surface area contributed by atoms with Gasteiger partial charge in [-0.1, -0.05) is 0 Å². The summed E-state index contributed by atoms with van der Waals surface area (Å²) in [6.07, 6.45) is -5.05. The molecule has 0 aromatic carbocycles. The topological polar surface area (TPSA) is 113 Å². The monoisotopic (exact) mass is 228 g/mol. The van der Waals surface area contributed by atoms with Gasteiger partial charge < -0.3 is 20.1 Å². The molecule has 1 aliphatic heterocycles. The van der Waals surface area contributed by atoms with Gasteiger partial charge in [-0.25, -0.2) is 0 Å². The normalized spacial score (nSPS) is 39.7. The van der Waals surface area contributed by atoms with Gasteiger partial charge in [0, 0.05) is 0 Å². The molecule has 1 heterocycles. The summed E-state index contributed by atoms with van der Waals surface area (Å²) in [7, 11) is -3.82. The first kappa shape index (κ1) is 11.8. The fourth-order valence-corrected chi connectivity index (χ4v) is 1.70. The van der Waals surface area contributed by atoms with Gasteiger partial charge >= 0.3 is 0 Å². The molecule has 8 heteroatoms. The average molecular weight is 228 g/mol. The average Bonchev–Trinajstić information content (AvgIpc) is 2.04. The number of ether oxygens (including phenoxy) is 1. The molecule has 14 heavy (non-hydrogen) atoms. The second-order valence-electron chi connectivity index (χ2n) is 3.05. The third kappa shape index (κ3) is 2.87. The smallest absolute Gasteiger partial charge is 0.264 e. The van der Waals surface area contributed by atoms with E-state index >= 15 is 0 Å². The van der Waals surface area contributed by atoms with Gasteiger partial charge in [-0.05, 0) is 0 Å². The summed E-state index contributed by atoms with van der Waals surface area (Å²) in [6.45, 7) is -0.272. The first-order chi connectivity index (χ1) is 6.31. The Balaban J connectivity index is 2.73. The van der Waals surface area contributed by atoms with Gasteiger partial charge in [0.05, 0.1) is 12.9 Å². The van der Waals surface area contributed by atoms with Crippen molar-refractivity contribution in [2.45, 2.75) is 24.6 Å². The molecule has 0 unspecified atom stereocenters. The summed E-state index contributed by atoms with van der Waals surface area (Å²) in [5.74, 6) is 0. The molecule has 84 valence electrons. The highest BCUT2D eigenvalue weighted by Gasteiger charge is 2.40. The maximum absolute atomic E-state index is 10.7. The minimum Gasteiger partial charge on any atom is -0.388 e. The highest BCUT2D eigenvalue weighted by molar-refractivity contribution is 7.86. The van der Waals surface area contributed by atoms with Crippen molar-refractivity contribution >= 4 is 10.1 Å². The van der Waals surface area contributed by atoms with Crippen LogP contribution >= 0.6 is 0 Å². The Bertz CT molecular complexity index is 287. The maximum atomic E-state index is 10.7. The minimum absolute atomic E-state index is 0.272. The van der Waals surface area contributed by atoms with Crippen molar-refractivity contribution in [3.8, 4) is 0 Å². The van der Waals surface area contributed by atoms with E-state index in [0.29, 0.717) is 0 Å². The number of aliphatic hydroxyl groups is 3. The number of hydrogen-bond acceptors (Lipinski definition) is 7. The van der Waals surface area contributed by atoms with E-state index < -0.39 is 34.7 Å². The van der Waals surface area contributed by atoms with Crippen molar-refractivity contribution in [2.24, 2.45) is 0 Å². The van der Waals surface area contributed by atoms with Crippen molar-refractivity contribution in [3.05, 3.63) is 0 Å². The third-order valence-corrected chi connectivity index (χ3v) is 2.31. The lowest BCUT2D eigenvalue weighted by molar-refractivity contribution is -0.243. The van der Waals surface area contributed by atoms with Gasteiger partial charge in [0.1, 0.15) is 12.2 Å². The van der Waals surface area contributed by atoms with Crippen LogP contribution in [0.2, 0.25) is 0 Å². The van der Waals surface area contributed by atoms with Gasteiger partial charge in [-0.15, -0.1) is 0 Å². The lowest BCUT2D eigenvalue weighted by atomic mass is 10.1. The van der Waals surface area contributed by atoms with Crippen LogP contribution in [0.15, 0.2) is 0 Å². The maximum Gasteiger partial charge on any atom is 0.264 e. The van der Waals surface area contributed by atoms with E-state index in [1.807, 2.05) is 0 Å². The third-order valence-electron chi connectivity index (χ3n) is 1.74. The fraction of sp³-hybridized carbons (Fsp3) is 1.00. The first-order valence-electron chi connectivity index (χ1n) is 3.85. The summed E-state index contributed by atoms with van der Waals surface area (Å²) in [5.41, 5.74) is 0. The van der Waals surface area contributed by atoms with Gasteiger partial charge in [0.25, 0.3) is 10.1 Å². The second-order valence-corrected chi connectivity index (χ2v) is 4.65. The fourth-order valence-electron chi connectivity index (χ4n) is 1.08. The van der Waals surface area contributed by atoms with Gasteiger partial charge in [-0.2, -0.15) is 8.42 Å². The van der Waals surface area contributed by atoms with E-state index in [9.17, 15) is 13.5 Å². The summed E-state index contributed by atoms with van der Waals surface area (Å²) >= 11 is 0. The van der Waals surface area contributed by atoms with Crippen LogP contribution in [0, 0.1) is 0 Å². The molecule has 1 rings (SSSR count). The quantitative estimate of drug-likeness (QED) is 0.444. The molecule has 0 saturated carbocycles. The predicted molar refractivity (Wildman–Crippen MR) is 43.7 cm³/mol. The van der Waals surface area contributed by atoms with E-state index in [4.69, 9.17) is 10.2 Å². The van der Waals surface area contributed by atoms with E-state index in [-0.39, 0.29) is 6.61 Å². The molecule has 0 spiro atoms. The van der Waals surface area contributed by atoms with Crippen LogP contribution in [0.5, 0.6) is 0 Å². The molecule has 4 atom stereocenters. The minimum atomic E-state index is -3.82. The molecule has 0 aliphatic carbocycles. The SMILES string of the molecule is CS(=O)(=O)O[C@@H]1[C@@H](O)[C@@H](O)CO[C@@H]1O. The van der Waals surface area contributed by atoms with Crippen molar-refractivity contribution < 1.29 is 32.7 Å². The molecule has 1 saturated heterocycles. The van der Waals surface area contributed by atoms with Gasteiger partial charge in [0.15, 0.2) is 12.4 Å². The van der Waals surface area contributed by atoms with E-state index in [1.165, 1.54) is 0 Å². The van der Waals surface area contributed by atoms with Crippen LogP contribution in [-0.2, 0) is 19.0 Å². The molecule has 1 aliphatic rings. The van der Waals surface area contributed by atoms with E-state index in [1.54, 1.807) is 0 Å². The Morgan fingerprint density at radius 2 is 1.93 bits per heavy atom. The summed E-state index contributed by atoms with van der Waals surface area (Å²) in [4.78, 5) is 0. The van der Waals surface area contributed by atoms with Crippen molar-refractivity contribution in [1.29, 1.82) is 0 Å². The van der Waals surface area contributed by atoms with Crippen LogP contribution < -0.4 is 0 Å².